The lowest BCUT2D eigenvalue weighted by Gasteiger charge is -2.28. The number of carbonyl (C=O) groups is 1. The molecule has 4 rings (SSSR count). The molecule has 1 amide bonds. The molecule has 0 aliphatic rings. The van der Waals surface area contributed by atoms with E-state index in [1.54, 1.807) is 17.0 Å². The normalized spacial score (nSPS) is 11.3. The highest BCUT2D eigenvalue weighted by Crippen LogP contribution is 2.22. The Bertz CT molecular complexity index is 1350. The van der Waals surface area contributed by atoms with Gasteiger partial charge in [0.25, 0.3) is 0 Å². The van der Waals surface area contributed by atoms with E-state index in [-0.39, 0.29) is 23.9 Å². The quantitative estimate of drug-likeness (QED) is 0.243. The second kappa shape index (κ2) is 13.0. The Morgan fingerprint density at radius 1 is 0.658 bits per heavy atom. The van der Waals surface area contributed by atoms with Gasteiger partial charge in [0.15, 0.2) is 0 Å². The highest BCUT2D eigenvalue weighted by atomic mass is 32.2. The van der Waals surface area contributed by atoms with Crippen LogP contribution in [-0.2, 0) is 34.5 Å². The van der Waals surface area contributed by atoms with Gasteiger partial charge in [0.05, 0.1) is 18.0 Å². The molecule has 38 heavy (non-hydrogen) atoms. The average Bonchev–Trinajstić information content (AvgIpc) is 2.94. The van der Waals surface area contributed by atoms with E-state index >= 15 is 0 Å². The van der Waals surface area contributed by atoms with Crippen molar-refractivity contribution in [3.8, 4) is 5.75 Å². The highest BCUT2D eigenvalue weighted by Gasteiger charge is 2.29. The molecule has 4 aromatic rings. The monoisotopic (exact) mass is 528 g/mol. The third kappa shape index (κ3) is 7.31. The molecule has 0 spiro atoms. The van der Waals surface area contributed by atoms with E-state index < -0.39 is 10.0 Å². The van der Waals surface area contributed by atoms with E-state index in [1.807, 2.05) is 97.9 Å². The fourth-order valence-corrected chi connectivity index (χ4v) is 5.50. The van der Waals surface area contributed by atoms with Crippen molar-refractivity contribution in [3.63, 3.8) is 0 Å². The maximum atomic E-state index is 13.8. The number of nitrogens with zero attached hydrogens (tertiary/aromatic N) is 2. The Kier molecular flexibility index (Phi) is 9.30. The lowest BCUT2D eigenvalue weighted by Crippen LogP contribution is -2.42. The zero-order chi connectivity index (χ0) is 26.8. The number of sulfonamides is 1. The van der Waals surface area contributed by atoms with Crippen LogP contribution in [0.25, 0.3) is 0 Å². The average molecular weight is 529 g/mol. The van der Waals surface area contributed by atoms with Crippen LogP contribution in [0.15, 0.2) is 120 Å². The summed E-state index contributed by atoms with van der Waals surface area (Å²) in [6, 6.07) is 35.0. The smallest absolute Gasteiger partial charge is 0.243 e. The molecule has 0 aromatic heterocycles. The Hall–Kier alpha value is -3.94. The van der Waals surface area contributed by atoms with Crippen molar-refractivity contribution in [1.82, 2.24) is 9.21 Å². The first-order valence-electron chi connectivity index (χ1n) is 12.6. The van der Waals surface area contributed by atoms with Gasteiger partial charge in [-0.2, -0.15) is 4.31 Å². The first-order valence-corrected chi connectivity index (χ1v) is 14.0. The van der Waals surface area contributed by atoms with Crippen molar-refractivity contribution in [2.24, 2.45) is 0 Å². The van der Waals surface area contributed by atoms with Crippen molar-refractivity contribution >= 4 is 15.9 Å². The molecule has 0 bridgehead atoms. The summed E-state index contributed by atoms with van der Waals surface area (Å²) in [6.45, 7) is 2.89. The van der Waals surface area contributed by atoms with E-state index in [4.69, 9.17) is 4.74 Å². The molecule has 6 nitrogen and oxygen atoms in total. The predicted molar refractivity (Wildman–Crippen MR) is 149 cm³/mol. The highest BCUT2D eigenvalue weighted by molar-refractivity contribution is 7.89. The molecule has 0 aliphatic carbocycles. The van der Waals surface area contributed by atoms with Crippen LogP contribution in [-0.4, -0.2) is 36.7 Å². The van der Waals surface area contributed by atoms with Crippen molar-refractivity contribution in [3.05, 3.63) is 132 Å². The second-order valence-electron chi connectivity index (χ2n) is 8.88. The number of benzene rings is 4. The predicted octanol–water partition coefficient (Wildman–Crippen LogP) is 5.51. The van der Waals surface area contributed by atoms with Crippen LogP contribution in [0.4, 0.5) is 0 Å². The number of ether oxygens (including phenoxy) is 1. The Labute approximate surface area is 225 Å². The lowest BCUT2D eigenvalue weighted by atomic mass is 10.1. The maximum absolute atomic E-state index is 13.8. The largest absolute Gasteiger partial charge is 0.494 e. The van der Waals surface area contributed by atoms with Crippen molar-refractivity contribution in [2.75, 3.05) is 13.2 Å². The van der Waals surface area contributed by atoms with Crippen LogP contribution in [0.3, 0.4) is 0 Å². The van der Waals surface area contributed by atoms with Crippen LogP contribution < -0.4 is 4.74 Å². The second-order valence-corrected chi connectivity index (χ2v) is 10.8. The van der Waals surface area contributed by atoms with Crippen molar-refractivity contribution < 1.29 is 17.9 Å². The first kappa shape index (κ1) is 27.1. The fourth-order valence-electron chi connectivity index (χ4n) is 4.13. The van der Waals surface area contributed by atoms with Gasteiger partial charge in [-0.3, -0.25) is 4.79 Å². The third-order valence-corrected chi connectivity index (χ3v) is 7.88. The minimum absolute atomic E-state index is 0.0760. The van der Waals surface area contributed by atoms with Crippen LogP contribution in [0.5, 0.6) is 5.75 Å². The molecule has 0 unspecified atom stereocenters. The van der Waals surface area contributed by atoms with E-state index in [0.29, 0.717) is 25.4 Å². The molecular formula is C31H32N2O4S. The molecule has 7 heteroatoms. The Morgan fingerprint density at radius 3 is 1.55 bits per heavy atom. The Balaban J connectivity index is 1.63. The Morgan fingerprint density at radius 2 is 1.11 bits per heavy atom. The summed E-state index contributed by atoms with van der Waals surface area (Å²) in [5.41, 5.74) is 2.74. The minimum Gasteiger partial charge on any atom is -0.494 e. The van der Waals surface area contributed by atoms with Crippen LogP contribution in [0.2, 0.25) is 0 Å². The molecule has 0 radical (unpaired) electrons. The number of amides is 1. The van der Waals surface area contributed by atoms with Gasteiger partial charge in [0, 0.05) is 19.6 Å². The summed E-state index contributed by atoms with van der Waals surface area (Å²) >= 11 is 0. The van der Waals surface area contributed by atoms with Crippen molar-refractivity contribution in [2.45, 2.75) is 31.5 Å². The minimum atomic E-state index is -3.97. The molecule has 4 aromatic carbocycles. The SMILES string of the molecule is CCOc1ccc(S(=O)(=O)N(CC(=O)N(Cc2ccccc2)Cc2ccccc2)Cc2ccccc2)cc1. The van der Waals surface area contributed by atoms with E-state index in [1.165, 1.54) is 16.4 Å². The van der Waals surface area contributed by atoms with E-state index in [2.05, 4.69) is 0 Å². The van der Waals surface area contributed by atoms with Crippen LogP contribution in [0, 0.1) is 0 Å². The van der Waals surface area contributed by atoms with Gasteiger partial charge >= 0.3 is 0 Å². The summed E-state index contributed by atoms with van der Waals surface area (Å²) in [5.74, 6) is 0.317. The van der Waals surface area contributed by atoms with Gasteiger partial charge in [-0.25, -0.2) is 8.42 Å². The number of hydrogen-bond donors (Lipinski definition) is 0. The van der Waals surface area contributed by atoms with Gasteiger partial charge in [-0.15, -0.1) is 0 Å². The first-order chi connectivity index (χ1) is 18.5. The third-order valence-electron chi connectivity index (χ3n) is 6.07. The number of rotatable bonds is 12. The van der Waals surface area contributed by atoms with E-state index in [9.17, 15) is 13.2 Å². The molecule has 0 fully saturated rings. The van der Waals surface area contributed by atoms with Gasteiger partial charge in [-0.1, -0.05) is 91.0 Å². The molecule has 0 saturated carbocycles. The number of carbonyl (C=O) groups excluding carboxylic acids is 1. The molecule has 0 heterocycles. The molecule has 0 aliphatic heterocycles. The fraction of sp³-hybridized carbons (Fsp3) is 0.194. The van der Waals surface area contributed by atoms with E-state index in [0.717, 1.165) is 16.7 Å². The van der Waals surface area contributed by atoms with Crippen LogP contribution >= 0.6 is 0 Å². The lowest BCUT2D eigenvalue weighted by molar-refractivity contribution is -0.132. The summed E-state index contributed by atoms with van der Waals surface area (Å²) in [4.78, 5) is 15.6. The summed E-state index contributed by atoms with van der Waals surface area (Å²) < 4.78 is 34.3. The molecular weight excluding hydrogens is 496 g/mol. The molecule has 196 valence electrons. The zero-order valence-electron chi connectivity index (χ0n) is 21.4. The molecule has 0 atom stereocenters. The van der Waals surface area contributed by atoms with Gasteiger partial charge < -0.3 is 9.64 Å². The standard InChI is InChI=1S/C31H32N2O4S/c1-2-37-29-18-20-30(21-19-29)38(35,36)33(24-28-16-10-5-11-17-28)25-31(34)32(22-26-12-6-3-7-13-26)23-27-14-8-4-9-15-27/h3-21H,2,22-25H2,1H3. The summed E-state index contributed by atoms with van der Waals surface area (Å²) in [5, 5.41) is 0. The van der Waals surface area contributed by atoms with Crippen molar-refractivity contribution in [1.29, 1.82) is 0 Å². The topological polar surface area (TPSA) is 66.9 Å². The van der Waals surface area contributed by atoms with Crippen LogP contribution in [0.1, 0.15) is 23.6 Å². The zero-order valence-corrected chi connectivity index (χ0v) is 22.3. The van der Waals surface area contributed by atoms with Gasteiger partial charge in [0.2, 0.25) is 15.9 Å². The van der Waals surface area contributed by atoms with Gasteiger partial charge in [0.1, 0.15) is 5.75 Å². The molecule has 0 saturated heterocycles. The maximum Gasteiger partial charge on any atom is 0.243 e. The summed E-state index contributed by atoms with van der Waals surface area (Å²) in [7, 11) is -3.97. The van der Waals surface area contributed by atoms with Gasteiger partial charge in [-0.05, 0) is 47.9 Å². The summed E-state index contributed by atoms with van der Waals surface area (Å²) in [6.07, 6.45) is 0. The number of hydrogen-bond acceptors (Lipinski definition) is 4. The molecule has 0 N–H and O–H groups in total.